The van der Waals surface area contributed by atoms with Crippen molar-refractivity contribution in [1.82, 2.24) is 0 Å². The lowest BCUT2D eigenvalue weighted by molar-refractivity contribution is -0.145. The molecule has 2 aromatic rings. The minimum Gasteiger partial charge on any atom is -0.466 e. The minimum atomic E-state index is -0.647. The van der Waals surface area contributed by atoms with Gasteiger partial charge in [0.05, 0.1) is 12.5 Å². The predicted octanol–water partition coefficient (Wildman–Crippen LogP) is 2.33. The van der Waals surface area contributed by atoms with Crippen molar-refractivity contribution in [3.63, 3.8) is 0 Å². The normalized spacial score (nSPS) is 23.3. The van der Waals surface area contributed by atoms with Crippen molar-refractivity contribution in [1.29, 1.82) is 0 Å². The summed E-state index contributed by atoms with van der Waals surface area (Å²) >= 11 is 0. The van der Waals surface area contributed by atoms with Crippen molar-refractivity contribution in [2.45, 2.75) is 19.8 Å². The first-order chi connectivity index (χ1) is 12.1. The molecule has 25 heavy (non-hydrogen) atoms. The topological polar surface area (TPSA) is 73.6 Å². The second-order valence-electron chi connectivity index (χ2n) is 6.43. The molecule has 0 N–H and O–H groups in total. The van der Waals surface area contributed by atoms with E-state index in [2.05, 4.69) is 11.8 Å². The average Bonchev–Trinajstić information content (AvgIpc) is 3.27. The minimum absolute atomic E-state index is 0.00834. The van der Waals surface area contributed by atoms with Gasteiger partial charge < -0.3 is 9.15 Å². The summed E-state index contributed by atoms with van der Waals surface area (Å²) in [5.74, 6) is 6.32. The summed E-state index contributed by atoms with van der Waals surface area (Å²) < 4.78 is 10.4. The Bertz CT molecular complexity index is 1000. The standard InChI is InChI=1S/C20H16O5/c1-2-24-20(23)18-15-5-3-11-7-13-8-14(10-21)19(22)25-17(13)9-12(11)4-6-16(15)18/h7-10,15-16,18H,2-3,5H2,1H3. The molecule has 1 heterocycles. The van der Waals surface area contributed by atoms with Crippen LogP contribution < -0.4 is 5.63 Å². The fourth-order valence-corrected chi connectivity index (χ4v) is 3.61. The van der Waals surface area contributed by atoms with Gasteiger partial charge in [0.1, 0.15) is 11.1 Å². The Morgan fingerprint density at radius 3 is 3.00 bits per heavy atom. The zero-order chi connectivity index (χ0) is 17.6. The highest BCUT2D eigenvalue weighted by molar-refractivity contribution is 5.86. The van der Waals surface area contributed by atoms with Crippen LogP contribution in [0.5, 0.6) is 0 Å². The predicted molar refractivity (Wildman–Crippen MR) is 90.2 cm³/mol. The Balaban J connectivity index is 1.71. The molecule has 0 spiro atoms. The lowest BCUT2D eigenvalue weighted by Gasteiger charge is -2.08. The smallest absolute Gasteiger partial charge is 0.346 e. The maximum atomic E-state index is 12.0. The van der Waals surface area contributed by atoms with Crippen LogP contribution in [0.25, 0.3) is 11.0 Å². The third-order valence-corrected chi connectivity index (χ3v) is 4.96. The summed E-state index contributed by atoms with van der Waals surface area (Å²) in [6.07, 6.45) is 2.14. The van der Waals surface area contributed by atoms with Crippen molar-refractivity contribution in [3.8, 4) is 11.8 Å². The fraction of sp³-hybridized carbons (Fsp3) is 0.350. The highest BCUT2D eigenvalue weighted by Gasteiger charge is 2.54. The Morgan fingerprint density at radius 1 is 1.40 bits per heavy atom. The van der Waals surface area contributed by atoms with Crippen LogP contribution >= 0.6 is 0 Å². The van der Waals surface area contributed by atoms with Crippen LogP contribution in [-0.4, -0.2) is 18.9 Å². The Morgan fingerprint density at radius 2 is 2.24 bits per heavy atom. The van der Waals surface area contributed by atoms with Crippen LogP contribution in [-0.2, 0) is 16.0 Å². The zero-order valence-corrected chi connectivity index (χ0v) is 13.7. The van der Waals surface area contributed by atoms with E-state index in [-0.39, 0.29) is 29.3 Å². The number of hydrogen-bond acceptors (Lipinski definition) is 5. The first-order valence-corrected chi connectivity index (χ1v) is 8.36. The summed E-state index contributed by atoms with van der Waals surface area (Å²) in [5.41, 5.74) is 1.62. The molecular weight excluding hydrogens is 320 g/mol. The van der Waals surface area contributed by atoms with Crippen LogP contribution in [0.3, 0.4) is 0 Å². The van der Waals surface area contributed by atoms with E-state index in [9.17, 15) is 14.4 Å². The van der Waals surface area contributed by atoms with Crippen molar-refractivity contribution < 1.29 is 18.7 Å². The van der Waals surface area contributed by atoms with E-state index in [1.807, 2.05) is 6.07 Å². The first-order valence-electron chi connectivity index (χ1n) is 8.36. The van der Waals surface area contributed by atoms with Crippen LogP contribution in [0.15, 0.2) is 27.4 Å². The van der Waals surface area contributed by atoms with E-state index in [4.69, 9.17) is 9.15 Å². The molecule has 0 amide bonds. The number of aryl methyl sites for hydroxylation is 1. The zero-order valence-electron chi connectivity index (χ0n) is 13.7. The second-order valence-corrected chi connectivity index (χ2v) is 6.43. The third kappa shape index (κ3) is 2.64. The second kappa shape index (κ2) is 5.89. The van der Waals surface area contributed by atoms with E-state index in [1.165, 1.54) is 0 Å². The fourth-order valence-electron chi connectivity index (χ4n) is 3.61. The lowest BCUT2D eigenvalue weighted by atomic mass is 9.97. The maximum absolute atomic E-state index is 12.0. The van der Waals surface area contributed by atoms with Crippen molar-refractivity contribution in [3.05, 3.63) is 45.3 Å². The number of ether oxygens (including phenoxy) is 1. The molecule has 1 saturated carbocycles. The summed E-state index contributed by atoms with van der Waals surface area (Å²) in [4.78, 5) is 34.6. The number of hydrogen-bond donors (Lipinski definition) is 0. The van der Waals surface area contributed by atoms with Crippen LogP contribution in [0.2, 0.25) is 0 Å². The Labute approximate surface area is 144 Å². The Kier molecular flexibility index (Phi) is 3.69. The summed E-state index contributed by atoms with van der Waals surface area (Å²) in [7, 11) is 0. The molecule has 4 rings (SSSR count). The largest absolute Gasteiger partial charge is 0.466 e. The number of carbonyl (C=O) groups excluding carboxylic acids is 2. The van der Waals surface area contributed by atoms with Gasteiger partial charge in [0.15, 0.2) is 6.29 Å². The van der Waals surface area contributed by atoms with E-state index in [1.54, 1.807) is 19.1 Å². The highest BCUT2D eigenvalue weighted by atomic mass is 16.5. The molecule has 1 aromatic carbocycles. The van der Waals surface area contributed by atoms with Crippen LogP contribution in [0.4, 0.5) is 0 Å². The number of esters is 1. The van der Waals surface area contributed by atoms with E-state index in [0.29, 0.717) is 23.9 Å². The number of benzene rings is 1. The van der Waals surface area contributed by atoms with Crippen molar-refractivity contribution in [2.24, 2.45) is 17.8 Å². The molecule has 2 aliphatic carbocycles. The molecule has 2 aliphatic rings. The summed E-state index contributed by atoms with van der Waals surface area (Å²) in [5, 5.41) is 0.706. The van der Waals surface area contributed by atoms with Gasteiger partial charge in [-0.2, -0.15) is 0 Å². The summed E-state index contributed by atoms with van der Waals surface area (Å²) in [6, 6.07) is 5.20. The van der Waals surface area contributed by atoms with Gasteiger partial charge in [0, 0.05) is 16.9 Å². The van der Waals surface area contributed by atoms with E-state index < -0.39 is 5.63 Å². The summed E-state index contributed by atoms with van der Waals surface area (Å²) in [6.45, 7) is 2.18. The molecule has 0 radical (unpaired) electrons. The number of fused-ring (bicyclic) bond motifs is 3. The quantitative estimate of drug-likeness (QED) is 0.372. The van der Waals surface area contributed by atoms with Crippen molar-refractivity contribution >= 4 is 23.2 Å². The maximum Gasteiger partial charge on any atom is 0.346 e. The molecular formula is C20H16O5. The highest BCUT2D eigenvalue weighted by Crippen LogP contribution is 2.50. The molecule has 3 unspecified atom stereocenters. The van der Waals surface area contributed by atoms with Gasteiger partial charge in [-0.15, -0.1) is 0 Å². The molecule has 1 aromatic heterocycles. The van der Waals surface area contributed by atoms with Gasteiger partial charge >= 0.3 is 11.6 Å². The number of carbonyl (C=O) groups is 2. The molecule has 5 nitrogen and oxygen atoms in total. The lowest BCUT2D eigenvalue weighted by Crippen LogP contribution is -2.08. The van der Waals surface area contributed by atoms with Crippen LogP contribution in [0.1, 0.15) is 34.8 Å². The molecule has 1 fully saturated rings. The Hall–Kier alpha value is -2.87. The molecule has 3 atom stereocenters. The van der Waals surface area contributed by atoms with Gasteiger partial charge in [-0.1, -0.05) is 11.8 Å². The van der Waals surface area contributed by atoms with Crippen molar-refractivity contribution in [2.75, 3.05) is 6.61 Å². The number of aldehydes is 1. The molecule has 126 valence electrons. The van der Waals surface area contributed by atoms with E-state index in [0.717, 1.165) is 24.0 Å². The SMILES string of the molecule is CCOC(=O)C1C2C#Cc3cc4oc(=O)c(C=O)cc4cc3CCC21. The first kappa shape index (κ1) is 15.6. The van der Waals surface area contributed by atoms with E-state index >= 15 is 0 Å². The number of rotatable bonds is 3. The van der Waals surface area contributed by atoms with Crippen LogP contribution in [0, 0.1) is 29.6 Å². The average molecular weight is 336 g/mol. The molecule has 0 aliphatic heterocycles. The van der Waals surface area contributed by atoms with Gasteiger partial charge in [-0.05, 0) is 49.4 Å². The molecule has 0 saturated heterocycles. The molecule has 5 heteroatoms. The third-order valence-electron chi connectivity index (χ3n) is 4.96. The van der Waals surface area contributed by atoms with Gasteiger partial charge in [-0.25, -0.2) is 4.79 Å². The van der Waals surface area contributed by atoms with Gasteiger partial charge in [0.2, 0.25) is 0 Å². The monoisotopic (exact) mass is 336 g/mol. The van der Waals surface area contributed by atoms with Gasteiger partial charge in [0.25, 0.3) is 0 Å². The molecule has 0 bridgehead atoms. The van der Waals surface area contributed by atoms with Gasteiger partial charge in [-0.3, -0.25) is 9.59 Å².